The van der Waals surface area contributed by atoms with Gasteiger partial charge in [0, 0.05) is 36.6 Å². The summed E-state index contributed by atoms with van der Waals surface area (Å²) in [6.45, 7) is 5.39. The van der Waals surface area contributed by atoms with Gasteiger partial charge in [0.1, 0.15) is 11.5 Å². The van der Waals surface area contributed by atoms with Crippen molar-refractivity contribution in [1.29, 1.82) is 0 Å². The average Bonchev–Trinajstić information content (AvgIpc) is 2.67. The summed E-state index contributed by atoms with van der Waals surface area (Å²) in [6, 6.07) is 7.09. The molecule has 5 heteroatoms. The van der Waals surface area contributed by atoms with Crippen molar-refractivity contribution < 1.29 is 19.7 Å². The van der Waals surface area contributed by atoms with Crippen molar-refractivity contribution >= 4 is 11.5 Å². The van der Waals surface area contributed by atoms with Gasteiger partial charge < -0.3 is 20.3 Å². The molecule has 5 nitrogen and oxygen atoms in total. The molecule has 0 bridgehead atoms. The third-order valence-electron chi connectivity index (χ3n) is 4.29. The van der Waals surface area contributed by atoms with E-state index in [4.69, 9.17) is 9.84 Å². The molecule has 0 unspecified atom stereocenters. The normalized spacial score (nSPS) is 12.1. The van der Waals surface area contributed by atoms with Crippen molar-refractivity contribution in [1.82, 2.24) is 5.32 Å². The predicted octanol–water partition coefficient (Wildman–Crippen LogP) is 4.77. The first-order valence-electron chi connectivity index (χ1n) is 10.3. The molecule has 0 saturated carbocycles. The van der Waals surface area contributed by atoms with E-state index in [1.165, 1.54) is 44.3 Å². The van der Waals surface area contributed by atoms with Crippen molar-refractivity contribution in [2.45, 2.75) is 58.8 Å². The van der Waals surface area contributed by atoms with E-state index in [2.05, 4.69) is 12.2 Å². The summed E-state index contributed by atoms with van der Waals surface area (Å²) in [7, 11) is 0. The topological polar surface area (TPSA) is 78.8 Å². The van der Waals surface area contributed by atoms with Crippen LogP contribution in [-0.4, -0.2) is 35.8 Å². The minimum absolute atomic E-state index is 0.0770. The molecule has 0 fully saturated rings. The number of ketones is 1. The highest BCUT2D eigenvalue weighted by Crippen LogP contribution is 2.18. The highest BCUT2D eigenvalue weighted by Gasteiger charge is 2.03. The van der Waals surface area contributed by atoms with Crippen molar-refractivity contribution in [2.75, 3.05) is 19.8 Å². The number of aliphatic hydroxyl groups is 2. The third-order valence-corrected chi connectivity index (χ3v) is 4.29. The first-order chi connectivity index (χ1) is 13.6. The number of benzene rings is 1. The number of rotatable bonds is 15. The Bertz CT molecular complexity index is 620. The largest absolute Gasteiger partial charge is 0.507 e. The number of allylic oxidation sites excluding steroid dienone is 3. The van der Waals surface area contributed by atoms with E-state index in [1.54, 1.807) is 31.2 Å². The molecule has 0 atom stereocenters. The number of aliphatic hydroxyl groups excluding tert-OH is 2. The van der Waals surface area contributed by atoms with E-state index >= 15 is 0 Å². The monoisotopic (exact) mass is 389 g/mol. The molecule has 0 aromatic heterocycles. The Kier molecular flexibility index (Phi) is 12.5. The quantitative estimate of drug-likeness (QED) is 0.229. The fourth-order valence-corrected chi connectivity index (χ4v) is 2.68. The second kappa shape index (κ2) is 14.7. The molecule has 0 radical (unpaired) electrons. The molecule has 0 aliphatic rings. The Morgan fingerprint density at radius 3 is 2.39 bits per heavy atom. The van der Waals surface area contributed by atoms with Gasteiger partial charge in [0.15, 0.2) is 5.78 Å². The maximum atomic E-state index is 12.0. The Morgan fingerprint density at radius 1 is 1.04 bits per heavy atom. The third kappa shape index (κ3) is 10.8. The molecule has 0 spiro atoms. The molecule has 1 rings (SSSR count). The summed E-state index contributed by atoms with van der Waals surface area (Å²) >= 11 is 0. The molecule has 0 aliphatic carbocycles. The Hall–Kier alpha value is -2.27. The zero-order chi connectivity index (χ0) is 20.6. The lowest BCUT2D eigenvalue weighted by atomic mass is 10.1. The second-order valence-corrected chi connectivity index (χ2v) is 6.90. The van der Waals surface area contributed by atoms with Crippen LogP contribution in [0.25, 0.3) is 5.76 Å². The number of unbranched alkanes of at least 4 members (excludes halogenated alkanes) is 5. The summed E-state index contributed by atoms with van der Waals surface area (Å²) in [4.78, 5) is 12.0. The Labute approximate surface area is 169 Å². The highest BCUT2D eigenvalue weighted by atomic mass is 16.5. The molecule has 1 aromatic carbocycles. The fraction of sp³-hybridized carbons (Fsp3) is 0.522. The predicted molar refractivity (Wildman–Crippen MR) is 114 cm³/mol. The van der Waals surface area contributed by atoms with Crippen LogP contribution in [0.15, 0.2) is 42.1 Å². The molecule has 0 aliphatic heterocycles. The van der Waals surface area contributed by atoms with Crippen LogP contribution in [0.4, 0.5) is 0 Å². The molecule has 0 saturated heterocycles. The van der Waals surface area contributed by atoms with E-state index in [0.29, 0.717) is 30.8 Å². The van der Waals surface area contributed by atoms with Crippen LogP contribution in [0.3, 0.4) is 0 Å². The van der Waals surface area contributed by atoms with Crippen LogP contribution in [-0.2, 0) is 4.79 Å². The van der Waals surface area contributed by atoms with Crippen LogP contribution < -0.4 is 10.1 Å². The van der Waals surface area contributed by atoms with Crippen molar-refractivity contribution in [3.63, 3.8) is 0 Å². The summed E-state index contributed by atoms with van der Waals surface area (Å²) in [5, 5.41) is 21.9. The van der Waals surface area contributed by atoms with Gasteiger partial charge in [-0.15, -0.1) is 0 Å². The van der Waals surface area contributed by atoms with Crippen molar-refractivity contribution in [2.24, 2.45) is 0 Å². The molecule has 156 valence electrons. The van der Waals surface area contributed by atoms with Gasteiger partial charge >= 0.3 is 0 Å². The first kappa shape index (κ1) is 23.8. The van der Waals surface area contributed by atoms with Crippen LogP contribution in [0.2, 0.25) is 0 Å². The number of ether oxygens (including phenoxy) is 1. The fourth-order valence-electron chi connectivity index (χ4n) is 2.68. The molecule has 3 N–H and O–H groups in total. The molecule has 1 aromatic rings. The van der Waals surface area contributed by atoms with Gasteiger partial charge in [-0.3, -0.25) is 4.79 Å². The van der Waals surface area contributed by atoms with Crippen LogP contribution in [0.5, 0.6) is 5.75 Å². The minimum Gasteiger partial charge on any atom is -0.507 e. The van der Waals surface area contributed by atoms with Gasteiger partial charge in [0.25, 0.3) is 0 Å². The average molecular weight is 390 g/mol. The number of carbonyl (C=O) groups excluding carboxylic acids is 1. The molecule has 0 amide bonds. The van der Waals surface area contributed by atoms with Crippen molar-refractivity contribution in [3.05, 3.63) is 47.7 Å². The summed E-state index contributed by atoms with van der Waals surface area (Å²) < 4.78 is 5.72. The standard InChI is InChI=1S/C23H35NO4/c1-3-4-5-6-7-8-16-28-22-12-10-20(11-13-22)23(27)18-21(26)17-19(2)24-14-9-15-25/h10-13,17-18,24-25,27H,3-9,14-16H2,1-2H3/b19-17+,23-18-. The van der Waals surface area contributed by atoms with Crippen LogP contribution >= 0.6 is 0 Å². The first-order valence-corrected chi connectivity index (χ1v) is 10.3. The maximum Gasteiger partial charge on any atom is 0.184 e. The van der Waals surface area contributed by atoms with Gasteiger partial charge in [-0.1, -0.05) is 39.0 Å². The number of hydrogen-bond acceptors (Lipinski definition) is 5. The molecular weight excluding hydrogens is 354 g/mol. The van der Waals surface area contributed by atoms with Crippen molar-refractivity contribution in [3.8, 4) is 5.75 Å². The lowest BCUT2D eigenvalue weighted by Crippen LogP contribution is -2.14. The highest BCUT2D eigenvalue weighted by molar-refractivity contribution is 6.03. The molecule has 28 heavy (non-hydrogen) atoms. The van der Waals surface area contributed by atoms with E-state index in [9.17, 15) is 9.90 Å². The van der Waals surface area contributed by atoms with Gasteiger partial charge in [-0.2, -0.15) is 0 Å². The summed E-state index contributed by atoms with van der Waals surface area (Å²) in [6.07, 6.45) is 10.6. The van der Waals surface area contributed by atoms with Crippen LogP contribution in [0, 0.1) is 0 Å². The zero-order valence-electron chi connectivity index (χ0n) is 17.2. The molecule has 0 heterocycles. The van der Waals surface area contributed by atoms with E-state index in [1.807, 2.05) is 0 Å². The van der Waals surface area contributed by atoms with Gasteiger partial charge in [-0.25, -0.2) is 0 Å². The van der Waals surface area contributed by atoms with Gasteiger partial charge in [0.05, 0.1) is 6.61 Å². The number of hydrogen-bond donors (Lipinski definition) is 3. The Balaban J connectivity index is 2.43. The zero-order valence-corrected chi connectivity index (χ0v) is 17.2. The lowest BCUT2D eigenvalue weighted by Gasteiger charge is -2.07. The van der Waals surface area contributed by atoms with Gasteiger partial charge in [0.2, 0.25) is 0 Å². The van der Waals surface area contributed by atoms with E-state index < -0.39 is 0 Å². The molecular formula is C23H35NO4. The summed E-state index contributed by atoms with van der Waals surface area (Å²) in [5.41, 5.74) is 1.26. The number of nitrogens with one attached hydrogen (secondary N) is 1. The maximum absolute atomic E-state index is 12.0. The lowest BCUT2D eigenvalue weighted by molar-refractivity contribution is -0.110. The smallest absolute Gasteiger partial charge is 0.184 e. The number of carbonyl (C=O) groups is 1. The minimum atomic E-state index is -0.296. The second-order valence-electron chi connectivity index (χ2n) is 6.90. The SMILES string of the molecule is CCCCCCCCOc1ccc(/C(O)=C/C(=O)/C=C(\C)NCCCO)cc1. The van der Waals surface area contributed by atoms with E-state index in [0.717, 1.165) is 12.2 Å². The van der Waals surface area contributed by atoms with E-state index in [-0.39, 0.29) is 18.1 Å². The Morgan fingerprint density at radius 2 is 1.71 bits per heavy atom. The van der Waals surface area contributed by atoms with Gasteiger partial charge in [-0.05, 0) is 44.0 Å². The van der Waals surface area contributed by atoms with Crippen LogP contribution in [0.1, 0.15) is 64.4 Å². The summed E-state index contributed by atoms with van der Waals surface area (Å²) in [5.74, 6) is 0.391.